The molecule has 0 saturated heterocycles. The molecule has 0 radical (unpaired) electrons. The maximum absolute atomic E-state index is 11.9. The maximum Gasteiger partial charge on any atom is 0.331 e. The van der Waals surface area contributed by atoms with Crippen LogP contribution in [-0.4, -0.2) is 30.6 Å². The lowest BCUT2D eigenvalue weighted by Gasteiger charge is -2.01. The predicted molar refractivity (Wildman–Crippen MR) is 93.5 cm³/mol. The third-order valence-electron chi connectivity index (χ3n) is 3.11. The van der Waals surface area contributed by atoms with E-state index in [1.165, 1.54) is 29.8 Å². The monoisotopic (exact) mass is 358 g/mol. The summed E-state index contributed by atoms with van der Waals surface area (Å²) in [4.78, 5) is 27.7. The Morgan fingerprint density at radius 2 is 2.24 bits per heavy atom. The van der Waals surface area contributed by atoms with Gasteiger partial charge in [0.25, 0.3) is 5.91 Å². The van der Waals surface area contributed by atoms with E-state index in [1.54, 1.807) is 31.4 Å². The highest BCUT2D eigenvalue weighted by Crippen LogP contribution is 2.29. The molecule has 8 heteroatoms. The van der Waals surface area contributed by atoms with E-state index in [1.807, 2.05) is 6.07 Å². The summed E-state index contributed by atoms with van der Waals surface area (Å²) >= 11 is 1.31. The first-order chi connectivity index (χ1) is 12.1. The van der Waals surface area contributed by atoms with Crippen molar-refractivity contribution >= 4 is 44.6 Å². The van der Waals surface area contributed by atoms with E-state index in [0.717, 1.165) is 10.2 Å². The number of thiazole rings is 1. The van der Waals surface area contributed by atoms with Gasteiger partial charge in [0.15, 0.2) is 11.7 Å². The van der Waals surface area contributed by atoms with Crippen molar-refractivity contribution in [1.82, 2.24) is 4.98 Å². The third kappa shape index (κ3) is 4.45. The van der Waals surface area contributed by atoms with Gasteiger partial charge in [0.1, 0.15) is 11.5 Å². The average Bonchev–Trinajstić information content (AvgIpc) is 3.26. The third-order valence-corrected chi connectivity index (χ3v) is 4.05. The van der Waals surface area contributed by atoms with Crippen molar-refractivity contribution in [2.45, 2.75) is 0 Å². The van der Waals surface area contributed by atoms with Crippen LogP contribution in [0.15, 0.2) is 47.1 Å². The van der Waals surface area contributed by atoms with Gasteiger partial charge in [0, 0.05) is 6.08 Å². The molecule has 0 spiro atoms. The lowest BCUT2D eigenvalue weighted by Crippen LogP contribution is -2.19. The van der Waals surface area contributed by atoms with Gasteiger partial charge < -0.3 is 13.9 Å². The first kappa shape index (κ1) is 16.7. The van der Waals surface area contributed by atoms with E-state index in [-0.39, 0.29) is 0 Å². The smallest absolute Gasteiger partial charge is 0.331 e. The largest absolute Gasteiger partial charge is 0.497 e. The van der Waals surface area contributed by atoms with Crippen LogP contribution in [0.3, 0.4) is 0 Å². The van der Waals surface area contributed by atoms with Gasteiger partial charge in [-0.05, 0) is 36.4 Å². The number of ether oxygens (including phenoxy) is 2. The molecule has 0 unspecified atom stereocenters. The van der Waals surface area contributed by atoms with Crippen LogP contribution in [0.2, 0.25) is 0 Å². The van der Waals surface area contributed by atoms with Crippen molar-refractivity contribution in [3.05, 3.63) is 48.4 Å². The summed E-state index contributed by atoms with van der Waals surface area (Å²) in [6.45, 7) is -0.402. The molecule has 128 valence electrons. The number of anilines is 1. The summed E-state index contributed by atoms with van der Waals surface area (Å²) in [7, 11) is 1.58. The van der Waals surface area contributed by atoms with E-state index in [0.29, 0.717) is 16.6 Å². The number of esters is 1. The van der Waals surface area contributed by atoms with Crippen LogP contribution in [0, 0.1) is 0 Å². The molecule has 0 aliphatic heterocycles. The fourth-order valence-corrected chi connectivity index (χ4v) is 2.87. The molecule has 0 aliphatic rings. The molecule has 0 atom stereocenters. The SMILES string of the molecule is COc1ccc2nc(NC(=O)COC(=O)C=Cc3ccco3)sc2c1. The van der Waals surface area contributed by atoms with Crippen LogP contribution in [0.5, 0.6) is 5.75 Å². The molecule has 7 nitrogen and oxygen atoms in total. The van der Waals surface area contributed by atoms with E-state index >= 15 is 0 Å². The van der Waals surface area contributed by atoms with Crippen LogP contribution in [0.1, 0.15) is 5.76 Å². The van der Waals surface area contributed by atoms with Gasteiger partial charge in [-0.1, -0.05) is 11.3 Å². The lowest BCUT2D eigenvalue weighted by atomic mass is 10.3. The number of nitrogens with zero attached hydrogens (tertiary/aromatic N) is 1. The summed E-state index contributed by atoms with van der Waals surface area (Å²) in [5.74, 6) is 0.129. The number of methoxy groups -OCH3 is 1. The van der Waals surface area contributed by atoms with E-state index in [2.05, 4.69) is 10.3 Å². The number of furan rings is 1. The molecule has 0 fully saturated rings. The number of carbonyl (C=O) groups is 2. The molecule has 1 amide bonds. The van der Waals surface area contributed by atoms with Crippen molar-refractivity contribution in [1.29, 1.82) is 0 Å². The van der Waals surface area contributed by atoms with Gasteiger partial charge in [0.2, 0.25) is 0 Å². The van der Waals surface area contributed by atoms with Gasteiger partial charge in [0.05, 0.1) is 23.6 Å². The Kier molecular flexibility index (Phi) is 5.10. The van der Waals surface area contributed by atoms with Crippen molar-refractivity contribution in [3.8, 4) is 5.75 Å². The van der Waals surface area contributed by atoms with Crippen LogP contribution >= 0.6 is 11.3 Å². The zero-order chi connectivity index (χ0) is 17.6. The van der Waals surface area contributed by atoms with E-state index in [9.17, 15) is 9.59 Å². The molecule has 2 aromatic heterocycles. The normalized spacial score (nSPS) is 10.9. The van der Waals surface area contributed by atoms with Gasteiger partial charge in [-0.2, -0.15) is 0 Å². The highest BCUT2D eigenvalue weighted by Gasteiger charge is 2.10. The Balaban J connectivity index is 1.53. The number of benzene rings is 1. The second kappa shape index (κ2) is 7.63. The number of rotatable bonds is 6. The maximum atomic E-state index is 11.9. The number of hydrogen-bond donors (Lipinski definition) is 1. The lowest BCUT2D eigenvalue weighted by molar-refractivity contribution is -0.142. The Bertz CT molecular complexity index is 914. The van der Waals surface area contributed by atoms with Gasteiger partial charge in [-0.15, -0.1) is 0 Å². The second-order valence-electron chi connectivity index (χ2n) is 4.86. The average molecular weight is 358 g/mol. The first-order valence-corrected chi connectivity index (χ1v) is 8.08. The van der Waals surface area contributed by atoms with Crippen molar-refractivity contribution in [3.63, 3.8) is 0 Å². The molecular formula is C17H14N2O5S. The minimum absolute atomic E-state index is 0.402. The summed E-state index contributed by atoms with van der Waals surface area (Å²) < 4.78 is 15.9. The molecule has 0 aliphatic carbocycles. The standard InChI is InChI=1S/C17H14N2O5S/c1-22-12-4-6-13-14(9-12)25-17(18-13)19-15(20)10-24-16(21)7-5-11-3-2-8-23-11/h2-9H,10H2,1H3,(H,18,19,20). The molecule has 1 N–H and O–H groups in total. The Morgan fingerprint density at radius 1 is 1.36 bits per heavy atom. The highest BCUT2D eigenvalue weighted by atomic mass is 32.1. The Morgan fingerprint density at radius 3 is 3.00 bits per heavy atom. The summed E-state index contributed by atoms with van der Waals surface area (Å²) in [5.41, 5.74) is 0.750. The second-order valence-corrected chi connectivity index (χ2v) is 5.89. The van der Waals surface area contributed by atoms with Crippen molar-refractivity contribution in [2.75, 3.05) is 19.0 Å². The number of hydrogen-bond acceptors (Lipinski definition) is 7. The van der Waals surface area contributed by atoms with Crippen LogP contribution in [0.25, 0.3) is 16.3 Å². The molecular weight excluding hydrogens is 344 g/mol. The number of amides is 1. The number of carbonyl (C=O) groups excluding carboxylic acids is 2. The molecule has 0 saturated carbocycles. The summed E-state index contributed by atoms with van der Waals surface area (Å²) in [5, 5.41) is 3.03. The van der Waals surface area contributed by atoms with Crippen molar-refractivity contribution in [2.24, 2.45) is 0 Å². The zero-order valence-electron chi connectivity index (χ0n) is 13.2. The van der Waals surface area contributed by atoms with Gasteiger partial charge >= 0.3 is 5.97 Å². The molecule has 25 heavy (non-hydrogen) atoms. The van der Waals surface area contributed by atoms with Crippen LogP contribution < -0.4 is 10.1 Å². The first-order valence-electron chi connectivity index (χ1n) is 7.27. The van der Waals surface area contributed by atoms with Crippen LogP contribution in [-0.2, 0) is 14.3 Å². The fourth-order valence-electron chi connectivity index (χ4n) is 1.96. The summed E-state index contributed by atoms with van der Waals surface area (Å²) in [6, 6.07) is 8.83. The number of aromatic nitrogens is 1. The minimum atomic E-state index is -0.638. The molecule has 0 bridgehead atoms. The predicted octanol–water partition coefficient (Wildman–Crippen LogP) is 3.09. The van der Waals surface area contributed by atoms with E-state index in [4.69, 9.17) is 13.9 Å². The minimum Gasteiger partial charge on any atom is -0.497 e. The number of fused-ring (bicyclic) bond motifs is 1. The highest BCUT2D eigenvalue weighted by molar-refractivity contribution is 7.22. The zero-order valence-corrected chi connectivity index (χ0v) is 14.0. The molecule has 2 heterocycles. The molecule has 3 aromatic rings. The Hall–Kier alpha value is -3.13. The number of nitrogens with one attached hydrogen (secondary N) is 1. The molecule has 3 rings (SSSR count). The quantitative estimate of drug-likeness (QED) is 0.538. The van der Waals surface area contributed by atoms with E-state index < -0.39 is 18.5 Å². The van der Waals surface area contributed by atoms with Gasteiger partial charge in [-0.25, -0.2) is 9.78 Å². The Labute approximate surface area is 146 Å². The van der Waals surface area contributed by atoms with Crippen molar-refractivity contribution < 1.29 is 23.5 Å². The fraction of sp³-hybridized carbons (Fsp3) is 0.118. The topological polar surface area (TPSA) is 90.7 Å². The summed E-state index contributed by atoms with van der Waals surface area (Å²) in [6.07, 6.45) is 4.14. The molecule has 1 aromatic carbocycles. The van der Waals surface area contributed by atoms with Crippen LogP contribution in [0.4, 0.5) is 5.13 Å². The van der Waals surface area contributed by atoms with Gasteiger partial charge in [-0.3, -0.25) is 10.1 Å².